The van der Waals surface area contributed by atoms with Crippen molar-refractivity contribution in [3.63, 3.8) is 0 Å². The Morgan fingerprint density at radius 1 is 1.12 bits per heavy atom. The highest BCUT2D eigenvalue weighted by Crippen LogP contribution is 2.17. The van der Waals surface area contributed by atoms with E-state index in [9.17, 15) is 13.6 Å². The molecular weight excluding hydrogens is 328 g/mol. The van der Waals surface area contributed by atoms with Crippen LogP contribution in [0.5, 0.6) is 0 Å². The molecule has 0 aliphatic carbocycles. The molecule has 7 heteroatoms. The van der Waals surface area contributed by atoms with E-state index in [1.165, 1.54) is 0 Å². The first-order valence-electron chi connectivity index (χ1n) is 7.57. The molecule has 25 heavy (non-hydrogen) atoms. The Kier molecular flexibility index (Phi) is 4.56. The van der Waals surface area contributed by atoms with E-state index >= 15 is 0 Å². The summed E-state index contributed by atoms with van der Waals surface area (Å²) in [6.45, 7) is 3.99. The van der Waals surface area contributed by atoms with Crippen molar-refractivity contribution in [2.45, 2.75) is 20.3 Å². The second-order valence-corrected chi connectivity index (χ2v) is 5.69. The summed E-state index contributed by atoms with van der Waals surface area (Å²) in [5.74, 6) is -2.20. The van der Waals surface area contributed by atoms with Crippen LogP contribution >= 0.6 is 0 Å². The molecule has 3 rings (SSSR count). The predicted octanol–water partition coefficient (Wildman–Crippen LogP) is 3.81. The molecule has 0 atom stereocenters. The normalized spacial score (nSPS) is 10.7. The second-order valence-electron chi connectivity index (χ2n) is 5.69. The minimum Gasteiger partial charge on any atom is -0.407 e. The van der Waals surface area contributed by atoms with Crippen molar-refractivity contribution in [1.82, 2.24) is 10.2 Å². The lowest BCUT2D eigenvalue weighted by Crippen LogP contribution is -2.14. The van der Waals surface area contributed by atoms with Crippen LogP contribution in [0, 0.1) is 25.5 Å². The van der Waals surface area contributed by atoms with Crippen LogP contribution in [0.25, 0.3) is 0 Å². The lowest BCUT2D eigenvalue weighted by molar-refractivity contribution is 0.102. The molecule has 128 valence electrons. The Labute approximate surface area is 142 Å². The average molecular weight is 343 g/mol. The Morgan fingerprint density at radius 2 is 1.92 bits per heavy atom. The number of hydrogen-bond donors (Lipinski definition) is 1. The van der Waals surface area contributed by atoms with Gasteiger partial charge in [0.25, 0.3) is 5.91 Å². The van der Waals surface area contributed by atoms with E-state index in [1.54, 1.807) is 0 Å². The SMILES string of the molecule is Cc1ccc(Cc2nnc(NC(=O)c3ccc(F)cc3F)o2)c(C)c1. The molecule has 1 N–H and O–H groups in total. The molecule has 1 amide bonds. The number of nitrogens with zero attached hydrogens (tertiary/aromatic N) is 2. The molecule has 0 unspecified atom stereocenters. The van der Waals surface area contributed by atoms with Crippen molar-refractivity contribution in [3.05, 3.63) is 76.2 Å². The highest BCUT2D eigenvalue weighted by Gasteiger charge is 2.16. The summed E-state index contributed by atoms with van der Waals surface area (Å²) < 4.78 is 31.9. The van der Waals surface area contributed by atoms with Gasteiger partial charge >= 0.3 is 6.01 Å². The topological polar surface area (TPSA) is 68.0 Å². The zero-order valence-corrected chi connectivity index (χ0v) is 13.6. The highest BCUT2D eigenvalue weighted by atomic mass is 19.1. The summed E-state index contributed by atoms with van der Waals surface area (Å²) in [5.41, 5.74) is 2.96. The maximum atomic E-state index is 13.6. The van der Waals surface area contributed by atoms with E-state index in [2.05, 4.69) is 15.5 Å². The number of halogens is 2. The maximum Gasteiger partial charge on any atom is 0.322 e. The number of aromatic nitrogens is 2. The van der Waals surface area contributed by atoms with Crippen molar-refractivity contribution in [2.24, 2.45) is 0 Å². The first kappa shape index (κ1) is 16.8. The van der Waals surface area contributed by atoms with Crippen molar-refractivity contribution in [2.75, 3.05) is 5.32 Å². The molecule has 0 fully saturated rings. The first-order valence-corrected chi connectivity index (χ1v) is 7.57. The molecule has 0 aliphatic heterocycles. The van der Waals surface area contributed by atoms with Crippen LogP contribution in [-0.4, -0.2) is 16.1 Å². The van der Waals surface area contributed by atoms with Crippen LogP contribution in [0.4, 0.5) is 14.8 Å². The van der Waals surface area contributed by atoms with Crippen LogP contribution < -0.4 is 5.32 Å². The van der Waals surface area contributed by atoms with Crippen LogP contribution in [0.2, 0.25) is 0 Å². The molecule has 0 spiro atoms. The lowest BCUT2D eigenvalue weighted by atomic mass is 10.0. The summed E-state index contributed by atoms with van der Waals surface area (Å²) in [4.78, 5) is 12.0. The van der Waals surface area contributed by atoms with Crippen LogP contribution in [0.15, 0.2) is 40.8 Å². The number of anilines is 1. The number of carbonyl (C=O) groups excluding carboxylic acids is 1. The van der Waals surface area contributed by atoms with Gasteiger partial charge in [0.05, 0.1) is 12.0 Å². The van der Waals surface area contributed by atoms with Gasteiger partial charge in [0.1, 0.15) is 11.6 Å². The molecule has 5 nitrogen and oxygen atoms in total. The van der Waals surface area contributed by atoms with Crippen LogP contribution in [-0.2, 0) is 6.42 Å². The predicted molar refractivity (Wildman–Crippen MR) is 87.3 cm³/mol. The van der Waals surface area contributed by atoms with Gasteiger partial charge in [0.2, 0.25) is 5.89 Å². The number of nitrogens with one attached hydrogen (secondary N) is 1. The molecule has 2 aromatic carbocycles. The van der Waals surface area contributed by atoms with Gasteiger partial charge in [-0.2, -0.15) is 0 Å². The first-order chi connectivity index (χ1) is 11.9. The summed E-state index contributed by atoms with van der Waals surface area (Å²) in [7, 11) is 0. The lowest BCUT2D eigenvalue weighted by Gasteiger charge is -2.04. The van der Waals surface area contributed by atoms with Crippen molar-refractivity contribution in [1.29, 1.82) is 0 Å². The molecule has 1 aromatic heterocycles. The summed E-state index contributed by atoms with van der Waals surface area (Å²) in [6.07, 6.45) is 0.417. The quantitative estimate of drug-likeness (QED) is 0.782. The van der Waals surface area contributed by atoms with Gasteiger partial charge in [-0.05, 0) is 37.1 Å². The minimum atomic E-state index is -0.965. The number of rotatable bonds is 4. The molecule has 3 aromatic rings. The van der Waals surface area contributed by atoms with E-state index in [1.807, 2.05) is 32.0 Å². The third-order valence-electron chi connectivity index (χ3n) is 3.70. The molecule has 0 saturated carbocycles. The monoisotopic (exact) mass is 343 g/mol. The fourth-order valence-electron chi connectivity index (χ4n) is 2.42. The molecule has 1 heterocycles. The molecular formula is C18H15F2N3O2. The van der Waals surface area contributed by atoms with Crippen molar-refractivity contribution in [3.8, 4) is 0 Å². The molecule has 0 aliphatic rings. The van der Waals surface area contributed by atoms with Gasteiger partial charge in [-0.3, -0.25) is 10.1 Å². The largest absolute Gasteiger partial charge is 0.407 e. The van der Waals surface area contributed by atoms with E-state index < -0.39 is 17.5 Å². The maximum absolute atomic E-state index is 13.6. The van der Waals surface area contributed by atoms with Gasteiger partial charge in [-0.15, -0.1) is 5.10 Å². The Balaban J connectivity index is 1.72. The van der Waals surface area contributed by atoms with E-state index in [0.717, 1.165) is 28.8 Å². The third kappa shape index (κ3) is 3.88. The average Bonchev–Trinajstić information content (AvgIpc) is 2.97. The van der Waals surface area contributed by atoms with Gasteiger partial charge in [-0.1, -0.05) is 28.9 Å². The number of carbonyl (C=O) groups is 1. The number of hydrogen-bond acceptors (Lipinski definition) is 4. The minimum absolute atomic E-state index is 0.145. The highest BCUT2D eigenvalue weighted by molar-refractivity contribution is 6.03. The summed E-state index contributed by atoms with van der Waals surface area (Å²) in [5, 5.41) is 9.91. The zero-order valence-electron chi connectivity index (χ0n) is 13.6. The second kappa shape index (κ2) is 6.80. The molecule has 0 bridgehead atoms. The van der Waals surface area contributed by atoms with Gasteiger partial charge in [0.15, 0.2) is 0 Å². The summed E-state index contributed by atoms with van der Waals surface area (Å²) >= 11 is 0. The van der Waals surface area contributed by atoms with E-state index in [0.29, 0.717) is 18.4 Å². The standard InChI is InChI=1S/C18H15F2N3O2/c1-10-3-4-12(11(2)7-10)8-16-22-23-18(25-16)21-17(24)14-6-5-13(19)9-15(14)20/h3-7,9H,8H2,1-2H3,(H,21,23,24). The summed E-state index contributed by atoms with van der Waals surface area (Å²) in [6, 6.07) is 8.54. The Morgan fingerprint density at radius 3 is 2.64 bits per heavy atom. The number of aryl methyl sites for hydroxylation is 2. The van der Waals surface area contributed by atoms with E-state index in [-0.39, 0.29) is 11.6 Å². The fraction of sp³-hybridized carbons (Fsp3) is 0.167. The van der Waals surface area contributed by atoms with Crippen LogP contribution in [0.3, 0.4) is 0 Å². The molecule has 0 radical (unpaired) electrons. The fourth-order valence-corrected chi connectivity index (χ4v) is 2.42. The van der Waals surface area contributed by atoms with E-state index in [4.69, 9.17) is 4.42 Å². The van der Waals surface area contributed by atoms with Gasteiger partial charge < -0.3 is 4.42 Å². The smallest absolute Gasteiger partial charge is 0.322 e. The van der Waals surface area contributed by atoms with Gasteiger partial charge in [-0.25, -0.2) is 8.78 Å². The van der Waals surface area contributed by atoms with Crippen LogP contribution in [0.1, 0.15) is 32.9 Å². The third-order valence-corrected chi connectivity index (χ3v) is 3.70. The molecule has 0 saturated heterocycles. The Bertz CT molecular complexity index is 938. The van der Waals surface area contributed by atoms with Crippen molar-refractivity contribution < 1.29 is 18.0 Å². The van der Waals surface area contributed by atoms with Crippen molar-refractivity contribution >= 4 is 11.9 Å². The number of benzene rings is 2. The van der Waals surface area contributed by atoms with Gasteiger partial charge in [0, 0.05) is 6.07 Å². The number of amides is 1. The Hall–Kier alpha value is -3.09. The zero-order chi connectivity index (χ0) is 18.0.